The molecular weight excluding hydrogens is 356 g/mol. The fourth-order valence-corrected chi connectivity index (χ4v) is 3.44. The first kappa shape index (κ1) is 22.1. The maximum absolute atomic E-state index is 12.8. The first-order chi connectivity index (χ1) is 13.6. The van der Waals surface area contributed by atoms with Crippen LogP contribution in [0.15, 0.2) is 18.2 Å². The van der Waals surface area contributed by atoms with Gasteiger partial charge in [-0.1, -0.05) is 13.8 Å². The van der Waals surface area contributed by atoms with Crippen LogP contribution in [-0.4, -0.2) is 61.0 Å². The Morgan fingerprint density at radius 1 is 0.964 bits per heavy atom. The fourth-order valence-electron chi connectivity index (χ4n) is 3.44. The second-order valence-electron chi connectivity index (χ2n) is 7.12. The summed E-state index contributed by atoms with van der Waals surface area (Å²) in [7, 11) is 0. The predicted octanol–water partition coefficient (Wildman–Crippen LogP) is 3.74. The number of piperidine rings is 1. The Labute approximate surface area is 168 Å². The summed E-state index contributed by atoms with van der Waals surface area (Å²) in [6.07, 6.45) is 5.13. The molecule has 6 nitrogen and oxygen atoms in total. The predicted molar refractivity (Wildman–Crippen MR) is 110 cm³/mol. The molecule has 0 saturated carbocycles. The minimum atomic E-state index is -0.00877. The van der Waals surface area contributed by atoms with Crippen LogP contribution in [0.5, 0.6) is 11.5 Å². The number of carbonyl (C=O) groups excluding carboxylic acids is 2. The van der Waals surface area contributed by atoms with Crippen LogP contribution in [0.2, 0.25) is 0 Å². The van der Waals surface area contributed by atoms with E-state index in [2.05, 4.69) is 13.8 Å². The van der Waals surface area contributed by atoms with Crippen molar-refractivity contribution in [1.82, 2.24) is 9.80 Å². The van der Waals surface area contributed by atoms with E-state index >= 15 is 0 Å². The van der Waals surface area contributed by atoms with Gasteiger partial charge in [0.1, 0.15) is 0 Å². The van der Waals surface area contributed by atoms with Crippen LogP contribution in [-0.2, 0) is 4.79 Å². The van der Waals surface area contributed by atoms with Gasteiger partial charge in [-0.3, -0.25) is 9.59 Å². The molecule has 0 spiro atoms. The number of likely N-dealkylation sites (tertiary alicyclic amines) is 1. The van der Waals surface area contributed by atoms with Gasteiger partial charge in [-0.2, -0.15) is 0 Å². The minimum Gasteiger partial charge on any atom is -0.490 e. The topological polar surface area (TPSA) is 59.1 Å². The zero-order valence-corrected chi connectivity index (χ0v) is 17.5. The molecule has 156 valence electrons. The Morgan fingerprint density at radius 3 is 2.25 bits per heavy atom. The number of hydrogen-bond donors (Lipinski definition) is 0. The highest BCUT2D eigenvalue weighted by atomic mass is 16.5. The smallest absolute Gasteiger partial charge is 0.260 e. The maximum Gasteiger partial charge on any atom is 0.260 e. The third kappa shape index (κ3) is 6.14. The number of rotatable bonds is 10. The lowest BCUT2D eigenvalue weighted by Crippen LogP contribution is -2.38. The van der Waals surface area contributed by atoms with Crippen molar-refractivity contribution in [2.75, 3.05) is 39.4 Å². The Hall–Kier alpha value is -2.24. The van der Waals surface area contributed by atoms with Gasteiger partial charge in [-0.25, -0.2) is 0 Å². The monoisotopic (exact) mass is 390 g/mol. The fraction of sp³-hybridized carbons (Fsp3) is 0.636. The summed E-state index contributed by atoms with van der Waals surface area (Å²) in [5.74, 6) is 1.01. The highest BCUT2D eigenvalue weighted by molar-refractivity contribution is 5.95. The summed E-state index contributed by atoms with van der Waals surface area (Å²) in [4.78, 5) is 28.9. The quantitative estimate of drug-likeness (QED) is 0.611. The van der Waals surface area contributed by atoms with Crippen LogP contribution in [0.1, 0.15) is 63.2 Å². The molecule has 0 N–H and O–H groups in total. The molecule has 1 saturated heterocycles. The highest BCUT2D eigenvalue weighted by Crippen LogP contribution is 2.29. The lowest BCUT2D eigenvalue weighted by atomic mass is 10.1. The summed E-state index contributed by atoms with van der Waals surface area (Å²) in [5, 5.41) is 0. The first-order valence-electron chi connectivity index (χ1n) is 10.6. The molecule has 0 radical (unpaired) electrons. The van der Waals surface area contributed by atoms with E-state index < -0.39 is 0 Å². The molecule has 0 unspecified atom stereocenters. The molecule has 6 heteroatoms. The Balaban J connectivity index is 2.08. The van der Waals surface area contributed by atoms with Crippen LogP contribution < -0.4 is 9.47 Å². The summed E-state index contributed by atoms with van der Waals surface area (Å²) in [5.41, 5.74) is 0.583. The third-order valence-corrected chi connectivity index (χ3v) is 4.82. The van der Waals surface area contributed by atoms with E-state index in [0.29, 0.717) is 23.7 Å². The van der Waals surface area contributed by atoms with Gasteiger partial charge >= 0.3 is 0 Å². The van der Waals surface area contributed by atoms with E-state index in [1.165, 1.54) is 6.42 Å². The van der Waals surface area contributed by atoms with Crippen molar-refractivity contribution < 1.29 is 19.1 Å². The maximum atomic E-state index is 12.8. The number of carbonyl (C=O) groups is 2. The van der Waals surface area contributed by atoms with E-state index in [9.17, 15) is 9.59 Å². The van der Waals surface area contributed by atoms with Gasteiger partial charge in [0.05, 0.1) is 6.61 Å². The highest BCUT2D eigenvalue weighted by Gasteiger charge is 2.20. The van der Waals surface area contributed by atoms with E-state index in [0.717, 1.165) is 51.9 Å². The first-order valence-corrected chi connectivity index (χ1v) is 10.6. The van der Waals surface area contributed by atoms with Gasteiger partial charge in [0.2, 0.25) is 0 Å². The second kappa shape index (κ2) is 11.6. The number of amides is 2. The molecule has 1 fully saturated rings. The third-order valence-electron chi connectivity index (χ3n) is 4.82. The molecule has 1 aromatic rings. The number of benzene rings is 1. The van der Waals surface area contributed by atoms with Crippen LogP contribution in [0.25, 0.3) is 0 Å². The summed E-state index contributed by atoms with van der Waals surface area (Å²) >= 11 is 0. The van der Waals surface area contributed by atoms with E-state index in [4.69, 9.17) is 9.47 Å². The van der Waals surface area contributed by atoms with Crippen LogP contribution in [0.4, 0.5) is 0 Å². The Bertz CT molecular complexity index is 635. The normalized spacial score (nSPS) is 13.9. The molecule has 1 aliphatic heterocycles. The van der Waals surface area contributed by atoms with Crippen molar-refractivity contribution in [2.45, 2.75) is 52.9 Å². The van der Waals surface area contributed by atoms with Crippen molar-refractivity contribution in [3.05, 3.63) is 23.8 Å². The van der Waals surface area contributed by atoms with Gasteiger partial charge < -0.3 is 19.3 Å². The number of hydrogen-bond acceptors (Lipinski definition) is 4. The van der Waals surface area contributed by atoms with Gasteiger partial charge in [0, 0.05) is 31.7 Å². The Kier molecular flexibility index (Phi) is 9.11. The molecule has 1 aromatic carbocycles. The van der Waals surface area contributed by atoms with Crippen molar-refractivity contribution in [2.24, 2.45) is 0 Å². The number of nitrogens with zero attached hydrogens (tertiary/aromatic N) is 2. The average molecular weight is 391 g/mol. The average Bonchev–Trinajstić information content (AvgIpc) is 2.72. The van der Waals surface area contributed by atoms with Crippen molar-refractivity contribution in [3.8, 4) is 11.5 Å². The lowest BCUT2D eigenvalue weighted by molar-refractivity contribution is -0.134. The van der Waals surface area contributed by atoms with Crippen molar-refractivity contribution in [3.63, 3.8) is 0 Å². The second-order valence-corrected chi connectivity index (χ2v) is 7.12. The van der Waals surface area contributed by atoms with Gasteiger partial charge in [0.25, 0.3) is 11.8 Å². The standard InChI is InChI=1S/C22H34N2O4/c1-4-12-24(13-5-2)22(26)18-10-11-19(20(16-18)27-6-3)28-17-21(25)23-14-8-7-9-15-23/h10-11,16H,4-9,12-15,17H2,1-3H3. The van der Waals surface area contributed by atoms with E-state index in [-0.39, 0.29) is 18.4 Å². The van der Waals surface area contributed by atoms with E-state index in [1.807, 2.05) is 16.7 Å². The summed E-state index contributed by atoms with van der Waals surface area (Å²) < 4.78 is 11.4. The molecular formula is C22H34N2O4. The molecule has 1 heterocycles. The van der Waals surface area contributed by atoms with E-state index in [1.54, 1.807) is 18.2 Å². The van der Waals surface area contributed by atoms with Crippen LogP contribution in [0, 0.1) is 0 Å². The summed E-state index contributed by atoms with van der Waals surface area (Å²) in [6, 6.07) is 5.21. The van der Waals surface area contributed by atoms with Gasteiger partial charge in [0.15, 0.2) is 18.1 Å². The summed E-state index contributed by atoms with van der Waals surface area (Å²) in [6.45, 7) is 9.55. The molecule has 0 aromatic heterocycles. The lowest BCUT2D eigenvalue weighted by Gasteiger charge is -2.26. The van der Waals surface area contributed by atoms with Gasteiger partial charge in [-0.05, 0) is 57.2 Å². The Morgan fingerprint density at radius 2 is 1.64 bits per heavy atom. The number of ether oxygens (including phenoxy) is 2. The van der Waals surface area contributed by atoms with Crippen LogP contribution >= 0.6 is 0 Å². The minimum absolute atomic E-state index is 0.000552. The zero-order valence-electron chi connectivity index (χ0n) is 17.5. The molecule has 2 rings (SSSR count). The zero-order chi connectivity index (χ0) is 20.4. The molecule has 28 heavy (non-hydrogen) atoms. The molecule has 0 bridgehead atoms. The molecule has 2 amide bonds. The molecule has 0 atom stereocenters. The largest absolute Gasteiger partial charge is 0.490 e. The SMILES string of the molecule is CCCN(CCC)C(=O)c1ccc(OCC(=O)N2CCCCC2)c(OCC)c1. The molecule has 1 aliphatic rings. The molecule has 0 aliphatic carbocycles. The van der Waals surface area contributed by atoms with Crippen molar-refractivity contribution >= 4 is 11.8 Å². The van der Waals surface area contributed by atoms with Gasteiger partial charge in [-0.15, -0.1) is 0 Å². The van der Waals surface area contributed by atoms with Crippen molar-refractivity contribution in [1.29, 1.82) is 0 Å². The van der Waals surface area contributed by atoms with Crippen LogP contribution in [0.3, 0.4) is 0 Å².